The highest BCUT2D eigenvalue weighted by molar-refractivity contribution is 7.91. The van der Waals surface area contributed by atoms with E-state index < -0.39 is 10.0 Å². The molecule has 0 aromatic carbocycles. The number of amides is 1. The van der Waals surface area contributed by atoms with Crippen molar-refractivity contribution in [1.29, 1.82) is 0 Å². The molecular formula is C20H25N3O4S2. The van der Waals surface area contributed by atoms with Crippen LogP contribution in [0.1, 0.15) is 48.9 Å². The second kappa shape index (κ2) is 8.04. The number of hydrogen-bond donors (Lipinski definition) is 1. The van der Waals surface area contributed by atoms with Gasteiger partial charge in [0.25, 0.3) is 10.0 Å². The molecule has 1 saturated heterocycles. The molecule has 1 amide bonds. The highest BCUT2D eigenvalue weighted by atomic mass is 32.2. The van der Waals surface area contributed by atoms with Crippen LogP contribution in [0.2, 0.25) is 0 Å². The van der Waals surface area contributed by atoms with Crippen LogP contribution < -0.4 is 5.32 Å². The summed E-state index contributed by atoms with van der Waals surface area (Å²) in [6.45, 7) is 5.09. The molecule has 4 rings (SSSR count). The van der Waals surface area contributed by atoms with Crippen LogP contribution in [0.4, 0.5) is 5.69 Å². The molecule has 2 aromatic rings. The molecule has 1 aliphatic heterocycles. The van der Waals surface area contributed by atoms with Gasteiger partial charge in [0.1, 0.15) is 15.6 Å². The molecule has 0 spiro atoms. The highest BCUT2D eigenvalue weighted by Crippen LogP contribution is 2.33. The first-order valence-corrected chi connectivity index (χ1v) is 12.2. The van der Waals surface area contributed by atoms with Gasteiger partial charge in [-0.2, -0.15) is 4.31 Å². The average molecular weight is 436 g/mol. The Morgan fingerprint density at radius 1 is 1.24 bits per heavy atom. The summed E-state index contributed by atoms with van der Waals surface area (Å²) in [7, 11) is -3.44. The van der Waals surface area contributed by atoms with Gasteiger partial charge >= 0.3 is 0 Å². The molecule has 3 heterocycles. The quantitative estimate of drug-likeness (QED) is 0.741. The zero-order valence-electron chi connectivity index (χ0n) is 16.6. The third kappa shape index (κ3) is 4.46. The first kappa shape index (κ1) is 20.3. The molecule has 1 saturated carbocycles. The van der Waals surface area contributed by atoms with E-state index in [1.807, 2.05) is 0 Å². The molecule has 2 fully saturated rings. The van der Waals surface area contributed by atoms with Crippen molar-refractivity contribution in [2.75, 3.05) is 18.4 Å². The molecule has 7 nitrogen and oxygen atoms in total. The van der Waals surface area contributed by atoms with Gasteiger partial charge < -0.3 is 9.84 Å². The number of aromatic nitrogens is 1. The van der Waals surface area contributed by atoms with E-state index >= 15 is 0 Å². The van der Waals surface area contributed by atoms with Crippen molar-refractivity contribution in [3.05, 3.63) is 28.5 Å². The summed E-state index contributed by atoms with van der Waals surface area (Å²) < 4.78 is 33.0. The Morgan fingerprint density at radius 2 is 1.97 bits per heavy atom. The number of aryl methyl sites for hydroxylation is 1. The number of anilines is 1. The van der Waals surface area contributed by atoms with Crippen LogP contribution in [-0.4, -0.2) is 36.9 Å². The number of nitrogens with zero attached hydrogens (tertiary/aromatic N) is 2. The molecular weight excluding hydrogens is 410 g/mol. The van der Waals surface area contributed by atoms with Gasteiger partial charge in [-0.3, -0.25) is 4.79 Å². The number of piperidine rings is 1. The van der Waals surface area contributed by atoms with Gasteiger partial charge in [-0.15, -0.1) is 11.3 Å². The lowest BCUT2D eigenvalue weighted by atomic mass is 10.0. The normalized spacial score (nSPS) is 19.1. The summed E-state index contributed by atoms with van der Waals surface area (Å²) in [5.74, 6) is 1.11. The van der Waals surface area contributed by atoms with E-state index in [4.69, 9.17) is 4.52 Å². The maximum absolute atomic E-state index is 12.9. The second-order valence-electron chi connectivity index (χ2n) is 7.85. The van der Waals surface area contributed by atoms with E-state index in [1.54, 1.807) is 35.5 Å². The third-order valence-electron chi connectivity index (χ3n) is 5.42. The predicted molar refractivity (Wildman–Crippen MR) is 113 cm³/mol. The number of thiophene rings is 1. The fraction of sp³-hybridized carbons (Fsp3) is 0.500. The highest BCUT2D eigenvalue weighted by Gasteiger charge is 2.31. The topological polar surface area (TPSA) is 92.5 Å². The third-order valence-corrected chi connectivity index (χ3v) is 8.84. The van der Waals surface area contributed by atoms with Gasteiger partial charge in [-0.05, 0) is 62.8 Å². The molecule has 29 heavy (non-hydrogen) atoms. The number of rotatable bonds is 6. The summed E-state index contributed by atoms with van der Waals surface area (Å²) in [5, 5.41) is 6.82. The van der Waals surface area contributed by atoms with Crippen LogP contribution in [0.15, 0.2) is 20.9 Å². The summed E-state index contributed by atoms with van der Waals surface area (Å²) in [4.78, 5) is 12.9. The van der Waals surface area contributed by atoms with Crippen molar-refractivity contribution in [2.45, 2.75) is 43.7 Å². The Hall–Kier alpha value is -1.97. The largest absolute Gasteiger partial charge is 0.354 e. The van der Waals surface area contributed by atoms with Crippen molar-refractivity contribution in [2.24, 2.45) is 11.8 Å². The number of hydrogen-bond acceptors (Lipinski definition) is 6. The van der Waals surface area contributed by atoms with Crippen LogP contribution in [-0.2, 0) is 14.8 Å². The average Bonchev–Trinajstić information content (AvgIpc) is 3.34. The first-order chi connectivity index (χ1) is 13.8. The van der Waals surface area contributed by atoms with Crippen molar-refractivity contribution in [3.8, 4) is 0 Å². The molecule has 0 unspecified atom stereocenters. The Kier molecular flexibility index (Phi) is 5.63. The minimum absolute atomic E-state index is 0.00805. The maximum atomic E-state index is 12.9. The smallest absolute Gasteiger partial charge is 0.252 e. The number of carbonyl (C=O) groups excluding carboxylic acids is 1. The standard InChI is InChI=1S/C20H25N3O4S2/c1-13-9-11-23(12-10-13)29(25,26)18-8-6-16(28-18)5-7-17-19(14(2)22-27-17)21-20(24)15-3-4-15/h5-8,13,15H,3-4,9-12H2,1-2H3,(H,21,24)/b7-5+. The Labute approximate surface area is 174 Å². The Morgan fingerprint density at radius 3 is 2.66 bits per heavy atom. The van der Waals surface area contributed by atoms with Crippen LogP contribution in [0.3, 0.4) is 0 Å². The zero-order valence-corrected chi connectivity index (χ0v) is 18.2. The van der Waals surface area contributed by atoms with Crippen LogP contribution >= 0.6 is 11.3 Å². The molecule has 2 aliphatic rings. The molecule has 0 bridgehead atoms. The summed E-state index contributed by atoms with van der Waals surface area (Å²) >= 11 is 1.23. The van der Waals surface area contributed by atoms with E-state index in [1.165, 1.54) is 11.3 Å². The van der Waals surface area contributed by atoms with Crippen molar-refractivity contribution in [3.63, 3.8) is 0 Å². The van der Waals surface area contributed by atoms with Gasteiger partial charge in [0.05, 0.1) is 0 Å². The van der Waals surface area contributed by atoms with Crippen molar-refractivity contribution in [1.82, 2.24) is 9.46 Å². The van der Waals surface area contributed by atoms with Gasteiger partial charge in [0.15, 0.2) is 5.76 Å². The monoisotopic (exact) mass is 435 g/mol. The first-order valence-electron chi connectivity index (χ1n) is 9.90. The number of carbonyl (C=O) groups is 1. The van der Waals surface area contributed by atoms with Gasteiger partial charge in [0.2, 0.25) is 5.91 Å². The van der Waals surface area contributed by atoms with E-state index in [-0.39, 0.29) is 11.8 Å². The maximum Gasteiger partial charge on any atom is 0.252 e. The van der Waals surface area contributed by atoms with Gasteiger partial charge in [0, 0.05) is 23.9 Å². The minimum atomic E-state index is -3.44. The van der Waals surface area contributed by atoms with Crippen LogP contribution in [0.25, 0.3) is 12.2 Å². The lowest BCUT2D eigenvalue weighted by Gasteiger charge is -2.28. The van der Waals surface area contributed by atoms with Gasteiger partial charge in [-0.1, -0.05) is 12.1 Å². The van der Waals surface area contributed by atoms with Gasteiger partial charge in [-0.25, -0.2) is 8.42 Å². The molecule has 156 valence electrons. The van der Waals surface area contributed by atoms with E-state index in [0.29, 0.717) is 40.4 Å². The van der Waals surface area contributed by atoms with E-state index in [2.05, 4.69) is 17.4 Å². The Bertz CT molecular complexity index is 1030. The fourth-order valence-corrected chi connectivity index (χ4v) is 6.15. The Balaban J connectivity index is 1.48. The molecule has 1 aliphatic carbocycles. The summed E-state index contributed by atoms with van der Waals surface area (Å²) in [6.07, 6.45) is 7.14. The lowest BCUT2D eigenvalue weighted by molar-refractivity contribution is -0.117. The molecule has 9 heteroatoms. The molecule has 2 aromatic heterocycles. The van der Waals surface area contributed by atoms with E-state index in [0.717, 1.165) is 30.6 Å². The van der Waals surface area contributed by atoms with E-state index in [9.17, 15) is 13.2 Å². The fourth-order valence-electron chi connectivity index (χ4n) is 3.30. The van der Waals surface area contributed by atoms with Crippen LogP contribution in [0.5, 0.6) is 0 Å². The minimum Gasteiger partial charge on any atom is -0.354 e. The number of nitrogens with one attached hydrogen (secondary N) is 1. The van der Waals surface area contributed by atoms with Crippen molar-refractivity contribution >= 4 is 45.1 Å². The predicted octanol–water partition coefficient (Wildman–Crippen LogP) is 3.98. The zero-order chi connectivity index (χ0) is 20.6. The van der Waals surface area contributed by atoms with Crippen LogP contribution in [0, 0.1) is 18.8 Å². The molecule has 0 radical (unpaired) electrons. The summed E-state index contributed by atoms with van der Waals surface area (Å²) in [5.41, 5.74) is 1.19. The van der Waals surface area contributed by atoms with Crippen molar-refractivity contribution < 1.29 is 17.7 Å². The molecule has 1 N–H and O–H groups in total. The lowest BCUT2D eigenvalue weighted by Crippen LogP contribution is -2.37. The summed E-state index contributed by atoms with van der Waals surface area (Å²) in [6, 6.07) is 3.44. The second-order valence-corrected chi connectivity index (χ2v) is 11.1. The molecule has 0 atom stereocenters. The number of sulfonamides is 1. The SMILES string of the molecule is Cc1noc(/C=C/c2ccc(S(=O)(=O)N3CCC(C)CC3)s2)c1NC(=O)C1CC1.